The van der Waals surface area contributed by atoms with E-state index in [1.54, 1.807) is 0 Å². The fourth-order valence-corrected chi connectivity index (χ4v) is 3.06. The molecular formula is C12H25N3O2. The van der Waals surface area contributed by atoms with E-state index in [0.717, 1.165) is 0 Å². The van der Waals surface area contributed by atoms with Gasteiger partial charge in [-0.1, -0.05) is 38.5 Å². The molecule has 2 rings (SSSR count). The largest absolute Gasteiger partial charge is 0.379 e. The Kier molecular flexibility index (Phi) is 7.12. The Morgan fingerprint density at radius 3 is 1.47 bits per heavy atom. The Bertz CT molecular complexity index is 184. The highest BCUT2D eigenvalue weighted by Crippen LogP contribution is 2.27. The quantitative estimate of drug-likeness (QED) is 0.444. The molecule has 0 heterocycles. The normalized spacial score (nSPS) is 22.9. The highest BCUT2D eigenvalue weighted by Gasteiger charge is 2.26. The van der Waals surface area contributed by atoms with Crippen LogP contribution in [0.5, 0.6) is 0 Å². The molecule has 0 spiro atoms. The van der Waals surface area contributed by atoms with Crippen LogP contribution in [0.2, 0.25) is 0 Å². The number of hydrazine groups is 1. The van der Waals surface area contributed by atoms with Gasteiger partial charge in [0.15, 0.2) is 5.34 Å². The highest BCUT2D eigenvalue weighted by molar-refractivity contribution is 4.80. The van der Waals surface area contributed by atoms with Crippen molar-refractivity contribution in [3.8, 4) is 0 Å². The summed E-state index contributed by atoms with van der Waals surface area (Å²) in [4.78, 5) is 8.11. The van der Waals surface area contributed by atoms with Crippen LogP contribution in [0.1, 0.15) is 64.2 Å². The van der Waals surface area contributed by atoms with Crippen molar-refractivity contribution >= 4 is 0 Å². The van der Waals surface area contributed by atoms with Crippen LogP contribution in [-0.4, -0.2) is 22.3 Å². The van der Waals surface area contributed by atoms with Gasteiger partial charge in [-0.25, -0.2) is 5.01 Å². The van der Waals surface area contributed by atoms with Gasteiger partial charge in [0.2, 0.25) is 0 Å². The van der Waals surface area contributed by atoms with Crippen molar-refractivity contribution in [2.24, 2.45) is 11.2 Å². The lowest BCUT2D eigenvalue weighted by molar-refractivity contribution is 0.0814. The van der Waals surface area contributed by atoms with Crippen LogP contribution < -0.4 is 5.84 Å². The molecule has 0 aliphatic heterocycles. The summed E-state index contributed by atoms with van der Waals surface area (Å²) in [7, 11) is 0. The third kappa shape index (κ3) is 5.00. The second-order valence-corrected chi connectivity index (χ2v) is 5.11. The van der Waals surface area contributed by atoms with Crippen LogP contribution in [0.25, 0.3) is 0 Å². The van der Waals surface area contributed by atoms with Crippen LogP contribution in [-0.2, 0) is 0 Å². The van der Waals surface area contributed by atoms with Crippen molar-refractivity contribution in [2.75, 3.05) is 0 Å². The zero-order valence-electron chi connectivity index (χ0n) is 10.6. The van der Waals surface area contributed by atoms with E-state index in [4.69, 9.17) is 16.0 Å². The molecule has 0 amide bonds. The standard InChI is InChI=1S/C12H24N2.HNO2/c13-14(11-7-3-1-4-8-11)12-9-5-2-6-10-12;2-1-3/h11-12H,1-10,13H2;(H,2,3). The molecular weight excluding hydrogens is 218 g/mol. The van der Waals surface area contributed by atoms with Gasteiger partial charge in [-0.15, -0.1) is 4.91 Å². The lowest BCUT2D eigenvalue weighted by atomic mass is 9.90. The minimum atomic E-state index is 0.701. The van der Waals surface area contributed by atoms with Crippen LogP contribution in [0.3, 0.4) is 0 Å². The molecule has 5 nitrogen and oxygen atoms in total. The first kappa shape index (κ1) is 14.4. The summed E-state index contributed by atoms with van der Waals surface area (Å²) >= 11 is 0. The van der Waals surface area contributed by atoms with E-state index >= 15 is 0 Å². The van der Waals surface area contributed by atoms with Crippen LogP contribution >= 0.6 is 0 Å². The lowest BCUT2D eigenvalue weighted by Gasteiger charge is -2.38. The average molecular weight is 243 g/mol. The van der Waals surface area contributed by atoms with Gasteiger partial charge in [0, 0.05) is 12.1 Å². The molecule has 0 bridgehead atoms. The third-order valence-corrected chi connectivity index (χ3v) is 3.99. The molecule has 100 valence electrons. The van der Waals surface area contributed by atoms with Crippen LogP contribution in [0, 0.1) is 4.91 Å². The first-order valence-corrected chi connectivity index (χ1v) is 6.79. The smallest absolute Gasteiger partial charge is 0.152 e. The Balaban J connectivity index is 0.000000437. The number of hydrogen-bond donors (Lipinski definition) is 2. The Hall–Kier alpha value is -0.680. The first-order chi connectivity index (χ1) is 8.29. The van der Waals surface area contributed by atoms with E-state index < -0.39 is 0 Å². The van der Waals surface area contributed by atoms with Crippen LogP contribution in [0.15, 0.2) is 5.34 Å². The van der Waals surface area contributed by atoms with Crippen molar-refractivity contribution in [1.29, 1.82) is 0 Å². The predicted octanol–water partition coefficient (Wildman–Crippen LogP) is 2.97. The Morgan fingerprint density at radius 1 is 0.882 bits per heavy atom. The summed E-state index contributed by atoms with van der Waals surface area (Å²) in [6.45, 7) is 0. The summed E-state index contributed by atoms with van der Waals surface area (Å²) in [5.74, 6) is 6.26. The summed E-state index contributed by atoms with van der Waals surface area (Å²) in [6, 6.07) is 1.40. The van der Waals surface area contributed by atoms with Gasteiger partial charge in [0.25, 0.3) is 0 Å². The Morgan fingerprint density at radius 2 is 1.18 bits per heavy atom. The molecule has 0 atom stereocenters. The lowest BCUT2D eigenvalue weighted by Crippen LogP contribution is -2.49. The van der Waals surface area contributed by atoms with Gasteiger partial charge in [0.05, 0.1) is 0 Å². The molecule has 2 fully saturated rings. The maximum atomic E-state index is 8.11. The second-order valence-electron chi connectivity index (χ2n) is 5.11. The van der Waals surface area contributed by atoms with Crippen molar-refractivity contribution in [3.05, 3.63) is 4.91 Å². The van der Waals surface area contributed by atoms with Crippen molar-refractivity contribution in [2.45, 2.75) is 76.3 Å². The van der Waals surface area contributed by atoms with E-state index in [0.29, 0.717) is 12.1 Å². The van der Waals surface area contributed by atoms with E-state index in [9.17, 15) is 0 Å². The summed E-state index contributed by atoms with van der Waals surface area (Å²) in [5.41, 5.74) is 0. The molecule has 0 saturated heterocycles. The monoisotopic (exact) mass is 243 g/mol. The second kappa shape index (κ2) is 8.42. The van der Waals surface area contributed by atoms with E-state index in [1.165, 1.54) is 69.5 Å². The number of nitrogens with zero attached hydrogens (tertiary/aromatic N) is 2. The molecule has 0 unspecified atom stereocenters. The minimum absolute atomic E-state index is 0.701. The molecule has 2 aliphatic carbocycles. The van der Waals surface area contributed by atoms with Gasteiger partial charge >= 0.3 is 0 Å². The fraction of sp³-hybridized carbons (Fsp3) is 1.00. The molecule has 0 radical (unpaired) electrons. The molecule has 0 aromatic heterocycles. The predicted molar refractivity (Wildman–Crippen MR) is 67.4 cm³/mol. The van der Waals surface area contributed by atoms with Gasteiger partial charge in [-0.05, 0) is 25.7 Å². The van der Waals surface area contributed by atoms with Crippen molar-refractivity contribution in [3.63, 3.8) is 0 Å². The summed E-state index contributed by atoms with van der Waals surface area (Å²) in [5, 5.41) is 10.1. The molecule has 17 heavy (non-hydrogen) atoms. The van der Waals surface area contributed by atoms with Crippen molar-refractivity contribution < 1.29 is 5.21 Å². The van der Waals surface area contributed by atoms with Gasteiger partial charge < -0.3 is 5.21 Å². The first-order valence-electron chi connectivity index (χ1n) is 6.79. The summed E-state index contributed by atoms with van der Waals surface area (Å²) in [6.07, 6.45) is 13.8. The van der Waals surface area contributed by atoms with Gasteiger partial charge in [-0.3, -0.25) is 5.84 Å². The Labute approximate surface area is 103 Å². The van der Waals surface area contributed by atoms with E-state index in [-0.39, 0.29) is 0 Å². The van der Waals surface area contributed by atoms with Crippen LogP contribution in [0.4, 0.5) is 0 Å². The molecule has 3 N–H and O–H groups in total. The zero-order chi connectivity index (χ0) is 12.5. The molecule has 2 aliphatic rings. The van der Waals surface area contributed by atoms with E-state index in [2.05, 4.69) is 5.01 Å². The molecule has 0 aromatic carbocycles. The highest BCUT2D eigenvalue weighted by atomic mass is 16.6. The molecule has 2 saturated carbocycles. The average Bonchev–Trinajstić information content (AvgIpc) is 2.41. The maximum absolute atomic E-state index is 8.11. The summed E-state index contributed by atoms with van der Waals surface area (Å²) < 4.78 is 0. The molecule has 5 heteroatoms. The van der Waals surface area contributed by atoms with Gasteiger partial charge in [0.1, 0.15) is 0 Å². The van der Waals surface area contributed by atoms with E-state index in [1.807, 2.05) is 0 Å². The van der Waals surface area contributed by atoms with Gasteiger partial charge in [-0.2, -0.15) is 0 Å². The topological polar surface area (TPSA) is 78.9 Å². The number of rotatable bonds is 2. The minimum Gasteiger partial charge on any atom is -0.379 e. The third-order valence-electron chi connectivity index (χ3n) is 3.99. The SMILES string of the molecule is NN(C1CCCCC1)C1CCCCC1.O=NO. The number of hydrogen-bond acceptors (Lipinski definition) is 4. The maximum Gasteiger partial charge on any atom is 0.152 e. The zero-order valence-corrected chi connectivity index (χ0v) is 10.6. The molecule has 0 aromatic rings. The number of nitrogens with two attached hydrogens (primary N) is 1. The fourth-order valence-electron chi connectivity index (χ4n) is 3.06. The van der Waals surface area contributed by atoms with Crippen molar-refractivity contribution in [1.82, 2.24) is 5.01 Å².